The highest BCUT2D eigenvalue weighted by Gasteiger charge is 2.60. The Morgan fingerprint density at radius 3 is 2.41 bits per heavy atom. The third-order valence-corrected chi connectivity index (χ3v) is 13.4. The summed E-state index contributed by atoms with van der Waals surface area (Å²) in [6.07, 6.45) is 17.4. The molecule has 0 aliphatic heterocycles. The molecule has 1 amide bonds. The van der Waals surface area contributed by atoms with E-state index in [1.54, 1.807) is 0 Å². The van der Waals surface area contributed by atoms with Crippen molar-refractivity contribution in [1.29, 1.82) is 0 Å². The molecule has 226 valence electrons. The van der Waals surface area contributed by atoms with Gasteiger partial charge in [-0.2, -0.15) is 8.42 Å². The topological polar surface area (TPSA) is 83.5 Å². The maximum absolute atomic E-state index is 12.7. The first-order chi connectivity index (χ1) is 18.3. The third kappa shape index (κ3) is 7.23. The maximum Gasteiger partial charge on any atom is 0.265 e. The van der Waals surface area contributed by atoms with Crippen molar-refractivity contribution in [3.63, 3.8) is 0 Å². The Bertz CT molecular complexity index is 952. The van der Waals surface area contributed by atoms with E-state index in [2.05, 4.69) is 40.2 Å². The quantitative estimate of drug-likeness (QED) is 0.164. The molecular weight excluding hydrogens is 508 g/mol. The molecule has 6 nitrogen and oxygen atoms in total. The van der Waals surface area contributed by atoms with Gasteiger partial charge in [-0.25, -0.2) is 0 Å². The molecule has 8 atom stereocenters. The Morgan fingerprint density at radius 2 is 1.67 bits per heavy atom. The first-order valence-corrected chi connectivity index (χ1v) is 17.9. The van der Waals surface area contributed by atoms with Crippen molar-refractivity contribution in [3.8, 4) is 0 Å². The van der Waals surface area contributed by atoms with Gasteiger partial charge in [0.15, 0.2) is 0 Å². The van der Waals surface area contributed by atoms with Gasteiger partial charge < -0.3 is 9.80 Å². The van der Waals surface area contributed by atoms with Crippen molar-refractivity contribution < 1.29 is 22.2 Å². The van der Waals surface area contributed by atoms with Gasteiger partial charge in [-0.05, 0) is 104 Å². The highest BCUT2D eigenvalue weighted by molar-refractivity contribution is 7.85. The molecule has 4 aliphatic rings. The van der Waals surface area contributed by atoms with Crippen molar-refractivity contribution in [3.05, 3.63) is 0 Å². The van der Waals surface area contributed by atoms with E-state index in [9.17, 15) is 13.2 Å². The fourth-order valence-electron chi connectivity index (χ4n) is 10.4. The second-order valence-corrected chi connectivity index (χ2v) is 16.9. The summed E-state index contributed by atoms with van der Waals surface area (Å²) >= 11 is 0. The van der Waals surface area contributed by atoms with Crippen LogP contribution in [0.4, 0.5) is 0 Å². The molecule has 4 fully saturated rings. The monoisotopic (exact) mass is 567 g/mol. The fourth-order valence-corrected chi connectivity index (χ4v) is 10.9. The van der Waals surface area contributed by atoms with Crippen molar-refractivity contribution in [2.75, 3.05) is 39.5 Å². The minimum atomic E-state index is -3.89. The number of hydrogen-bond acceptors (Lipinski definition) is 3. The second-order valence-electron chi connectivity index (χ2n) is 15.4. The van der Waals surface area contributed by atoms with Crippen LogP contribution < -0.4 is 5.32 Å². The highest BCUT2D eigenvalue weighted by Crippen LogP contribution is 2.68. The number of hydrogen-bond donors (Lipinski definition) is 2. The number of amides is 1. The zero-order valence-electron chi connectivity index (χ0n) is 25.7. The smallest absolute Gasteiger partial charge is 0.265 e. The summed E-state index contributed by atoms with van der Waals surface area (Å²) in [7, 11) is 0.241. The van der Waals surface area contributed by atoms with Crippen molar-refractivity contribution in [1.82, 2.24) is 5.32 Å². The Morgan fingerprint density at radius 1 is 0.949 bits per heavy atom. The lowest BCUT2D eigenvalue weighted by molar-refractivity contribution is -0.890. The largest absolute Gasteiger partial charge is 0.356 e. The predicted octanol–water partition coefficient (Wildman–Crippen LogP) is 6.31. The van der Waals surface area contributed by atoms with Crippen molar-refractivity contribution in [2.24, 2.45) is 46.3 Å². The van der Waals surface area contributed by atoms with E-state index in [0.29, 0.717) is 47.2 Å². The van der Waals surface area contributed by atoms with Gasteiger partial charge in [-0.15, -0.1) is 0 Å². The van der Waals surface area contributed by atoms with Crippen LogP contribution in [-0.2, 0) is 14.9 Å². The van der Waals surface area contributed by atoms with Gasteiger partial charge in [0.1, 0.15) is 0 Å². The average molecular weight is 568 g/mol. The Labute approximate surface area is 239 Å². The molecule has 0 aromatic rings. The van der Waals surface area contributed by atoms with Gasteiger partial charge in [0.2, 0.25) is 5.91 Å². The third-order valence-electron chi connectivity index (χ3n) is 12.6. The minimum absolute atomic E-state index is 0.172. The number of fused-ring (bicyclic) bond motifs is 5. The highest BCUT2D eigenvalue weighted by atomic mass is 32.2. The predicted molar refractivity (Wildman–Crippen MR) is 159 cm³/mol. The van der Waals surface area contributed by atoms with Crippen LogP contribution in [0.25, 0.3) is 0 Å². The molecule has 0 saturated heterocycles. The molecule has 0 aromatic heterocycles. The lowest BCUT2D eigenvalue weighted by Crippen LogP contribution is -2.53. The Hall–Kier alpha value is -0.660. The van der Waals surface area contributed by atoms with E-state index in [0.717, 1.165) is 49.0 Å². The van der Waals surface area contributed by atoms with Crippen molar-refractivity contribution >= 4 is 16.0 Å². The van der Waals surface area contributed by atoms with Gasteiger partial charge >= 0.3 is 0 Å². The first kappa shape index (κ1) is 31.3. The van der Waals surface area contributed by atoms with E-state index >= 15 is 0 Å². The van der Waals surface area contributed by atoms with Crippen LogP contribution in [-0.4, -0.2) is 62.8 Å². The van der Waals surface area contributed by atoms with Crippen LogP contribution in [0.15, 0.2) is 0 Å². The van der Waals surface area contributed by atoms with Crippen LogP contribution in [0.3, 0.4) is 0 Å². The lowest BCUT2D eigenvalue weighted by Gasteiger charge is -2.61. The summed E-state index contributed by atoms with van der Waals surface area (Å²) in [5, 5.41) is 3.13. The Kier molecular flexibility index (Phi) is 9.86. The van der Waals surface area contributed by atoms with E-state index in [1.165, 1.54) is 64.2 Å². The molecule has 0 radical (unpaired) electrons. The van der Waals surface area contributed by atoms with Crippen LogP contribution >= 0.6 is 0 Å². The summed E-state index contributed by atoms with van der Waals surface area (Å²) in [5.41, 5.74) is 1.08. The normalized spacial score (nSPS) is 37.4. The molecule has 0 aromatic carbocycles. The van der Waals surface area contributed by atoms with Gasteiger partial charge in [0.25, 0.3) is 10.1 Å². The maximum atomic E-state index is 12.7. The van der Waals surface area contributed by atoms with E-state index in [4.69, 9.17) is 4.55 Å². The van der Waals surface area contributed by atoms with Crippen molar-refractivity contribution in [2.45, 2.75) is 111 Å². The summed E-state index contributed by atoms with van der Waals surface area (Å²) in [4.78, 5) is 12.7. The number of carbonyl (C=O) groups is 1. The number of quaternary nitrogens is 1. The van der Waals surface area contributed by atoms with Gasteiger partial charge in [0, 0.05) is 25.8 Å². The summed E-state index contributed by atoms with van der Waals surface area (Å²) < 4.78 is 31.5. The number of nitrogens with zero attached hydrogens (tertiary/aromatic N) is 1. The minimum Gasteiger partial charge on any atom is -0.356 e. The summed E-state index contributed by atoms with van der Waals surface area (Å²) in [5.74, 6) is 5.13. The van der Waals surface area contributed by atoms with Crippen LogP contribution in [0.1, 0.15) is 111 Å². The first-order valence-electron chi connectivity index (χ1n) is 16.3. The number of nitrogens with one attached hydrogen (secondary N) is 1. The Balaban J connectivity index is 1.20. The number of carbonyl (C=O) groups excluding carboxylic acids is 1. The molecule has 7 heteroatoms. The second kappa shape index (κ2) is 12.3. The molecule has 2 N–H and O–H groups in total. The average Bonchev–Trinajstić information content (AvgIpc) is 3.21. The summed E-state index contributed by atoms with van der Waals surface area (Å²) in [6, 6.07) is 0. The van der Waals surface area contributed by atoms with Crippen LogP contribution in [0.5, 0.6) is 0 Å². The fraction of sp³-hybridized carbons (Fsp3) is 0.969. The zero-order valence-corrected chi connectivity index (χ0v) is 26.5. The molecule has 4 saturated carbocycles. The lowest BCUT2D eigenvalue weighted by atomic mass is 9.44. The SMILES string of the molecule is C[C@H](CCC(=O)NCCC[N+](C)(C)CCCS(=O)(=O)O)[C@H]1CC[C@H]2[C@@H]3CCC4CCCC[C@]4(C)[C@H]3CC[C@]12C. The molecule has 4 aliphatic carbocycles. The van der Waals surface area contributed by atoms with E-state index in [-0.39, 0.29) is 11.7 Å². The standard InChI is InChI=1S/C32H58N2O4S/c1-24(11-16-30(35)33-20-8-21-34(4,5)22-9-23-39(36,37)38)27-14-15-28-26-13-12-25-10-6-7-18-31(25,2)29(26)17-19-32(27,28)3/h24-29H,6-23H2,1-5H3,(H-,33,35,36,37,38)/p+1/t24-,25?,26+,27-,28+,29+,31+,32-/m1/s1. The molecule has 0 spiro atoms. The molecular formula is C32H59N2O4S+. The van der Waals surface area contributed by atoms with Crippen LogP contribution in [0, 0.1) is 46.3 Å². The number of rotatable bonds is 12. The molecule has 0 heterocycles. The molecule has 39 heavy (non-hydrogen) atoms. The molecule has 1 unspecified atom stereocenters. The molecule has 4 rings (SSSR count). The zero-order chi connectivity index (χ0) is 28.5. The summed E-state index contributed by atoms with van der Waals surface area (Å²) in [6.45, 7) is 9.95. The molecule has 0 bridgehead atoms. The van der Waals surface area contributed by atoms with E-state index in [1.807, 2.05) is 0 Å². The van der Waals surface area contributed by atoms with E-state index < -0.39 is 10.1 Å². The van der Waals surface area contributed by atoms with Gasteiger partial charge in [0.05, 0.1) is 32.9 Å². The van der Waals surface area contributed by atoms with Gasteiger partial charge in [-0.1, -0.05) is 33.6 Å². The van der Waals surface area contributed by atoms with Gasteiger partial charge in [-0.3, -0.25) is 9.35 Å². The van der Waals surface area contributed by atoms with Crippen LogP contribution in [0.2, 0.25) is 0 Å².